The van der Waals surface area contributed by atoms with Gasteiger partial charge in [0.15, 0.2) is 0 Å². The zero-order valence-corrected chi connectivity index (χ0v) is 9.10. The van der Waals surface area contributed by atoms with Crippen LogP contribution in [-0.4, -0.2) is 25.8 Å². The van der Waals surface area contributed by atoms with E-state index in [9.17, 15) is 0 Å². The molecule has 0 N–H and O–H groups in total. The summed E-state index contributed by atoms with van der Waals surface area (Å²) in [5.41, 5.74) is 0. The van der Waals surface area contributed by atoms with E-state index in [-0.39, 0.29) is 0 Å². The van der Waals surface area contributed by atoms with Crippen LogP contribution >= 0.6 is 0 Å². The first kappa shape index (κ1) is 15.1. The lowest BCUT2D eigenvalue weighted by atomic mass is 10.3. The summed E-state index contributed by atoms with van der Waals surface area (Å²) in [5, 5.41) is 0. The highest BCUT2D eigenvalue weighted by atomic mass is 32.2. The Bertz CT molecular complexity index is 159. The van der Waals surface area contributed by atoms with E-state index in [1.807, 2.05) is 0 Å². The Morgan fingerprint density at radius 2 is 1.23 bits per heavy atom. The summed E-state index contributed by atoms with van der Waals surface area (Å²) in [6.45, 7) is 6.28. The van der Waals surface area contributed by atoms with Crippen molar-refractivity contribution in [3.05, 3.63) is 0 Å². The Balaban J connectivity index is 0. The van der Waals surface area contributed by atoms with Crippen molar-refractivity contribution < 1.29 is 17.4 Å². The van der Waals surface area contributed by atoms with Crippen LogP contribution in [-0.2, 0) is 15.3 Å². The van der Waals surface area contributed by atoms with Gasteiger partial charge < -0.3 is 4.74 Å². The monoisotopic (exact) mass is 210 g/mol. The van der Waals surface area contributed by atoms with E-state index in [1.54, 1.807) is 0 Å². The van der Waals surface area contributed by atoms with Crippen molar-refractivity contribution in [2.75, 3.05) is 13.2 Å². The first-order chi connectivity index (χ1) is 6.15. The highest BCUT2D eigenvalue weighted by Crippen LogP contribution is 1.91. The molecule has 0 aliphatic rings. The minimum atomic E-state index is -3.11. The molecule has 0 amide bonds. The van der Waals surface area contributed by atoms with Crippen molar-refractivity contribution in [2.24, 2.45) is 0 Å². The van der Waals surface area contributed by atoms with Gasteiger partial charge in [-0.3, -0.25) is 0 Å². The quantitative estimate of drug-likeness (QED) is 0.625. The van der Waals surface area contributed by atoms with E-state index in [0.717, 1.165) is 13.2 Å². The van der Waals surface area contributed by atoms with E-state index in [2.05, 4.69) is 13.8 Å². The van der Waals surface area contributed by atoms with Crippen LogP contribution in [0.5, 0.6) is 0 Å². The average Bonchev–Trinajstić information content (AvgIpc) is 2.03. The fourth-order valence-electron chi connectivity index (χ4n) is 0.595. The third kappa shape index (κ3) is 34.1. The first-order valence-electron chi connectivity index (χ1n) is 4.49. The highest BCUT2D eigenvalue weighted by molar-refractivity contribution is 7.59. The molecule has 0 bridgehead atoms. The lowest BCUT2D eigenvalue weighted by Gasteiger charge is -1.99. The van der Waals surface area contributed by atoms with Gasteiger partial charge in [-0.2, -0.15) is 0 Å². The van der Waals surface area contributed by atoms with Crippen molar-refractivity contribution >= 4 is 10.6 Å². The number of ether oxygens (including phenoxy) is 1. The molecule has 0 saturated heterocycles. The second-order valence-electron chi connectivity index (χ2n) is 2.52. The molecule has 0 atom stereocenters. The molecule has 0 aliphatic carbocycles. The average molecular weight is 210 g/mol. The molecular formula is C8H18O4S. The maximum absolute atomic E-state index is 8.44. The minimum Gasteiger partial charge on any atom is -0.381 e. The van der Waals surface area contributed by atoms with Gasteiger partial charge in [-0.1, -0.05) is 26.7 Å². The van der Waals surface area contributed by atoms with Gasteiger partial charge >= 0.3 is 10.6 Å². The summed E-state index contributed by atoms with van der Waals surface area (Å²) >= 11 is 0. The summed E-state index contributed by atoms with van der Waals surface area (Å²) in [6, 6.07) is 0. The smallest absolute Gasteiger partial charge is 0.381 e. The summed E-state index contributed by atoms with van der Waals surface area (Å²) in [7, 11) is -3.11. The van der Waals surface area contributed by atoms with Gasteiger partial charge in [0.1, 0.15) is 0 Å². The van der Waals surface area contributed by atoms with Gasteiger partial charge in [-0.25, -0.2) is 0 Å². The SMILES string of the molecule is CCCCOCCCC.O=S(=O)=O. The van der Waals surface area contributed by atoms with Crippen LogP contribution < -0.4 is 0 Å². The standard InChI is InChI=1S/C8H18O.O3S/c1-3-5-7-9-8-6-4-2;1-4(2)3/h3-8H2,1-2H3;. The molecule has 5 heteroatoms. The van der Waals surface area contributed by atoms with Crippen LogP contribution in [0.1, 0.15) is 39.5 Å². The molecule has 0 aromatic carbocycles. The molecule has 0 spiro atoms. The molecule has 0 aliphatic heterocycles. The van der Waals surface area contributed by atoms with Crippen molar-refractivity contribution in [1.82, 2.24) is 0 Å². The first-order valence-corrected chi connectivity index (χ1v) is 5.49. The molecule has 0 rings (SSSR count). The van der Waals surface area contributed by atoms with Gasteiger partial charge in [-0.15, -0.1) is 12.6 Å². The summed E-state index contributed by atoms with van der Waals surface area (Å²) in [5.74, 6) is 0. The van der Waals surface area contributed by atoms with Crippen molar-refractivity contribution in [3.8, 4) is 0 Å². The number of unbranched alkanes of at least 4 members (excludes halogenated alkanes) is 2. The predicted molar refractivity (Wildman–Crippen MR) is 50.3 cm³/mol. The maximum Gasteiger partial charge on any atom is 0.425 e. The van der Waals surface area contributed by atoms with Gasteiger partial charge in [0.05, 0.1) is 0 Å². The van der Waals surface area contributed by atoms with Crippen LogP contribution in [0.2, 0.25) is 0 Å². The van der Waals surface area contributed by atoms with Gasteiger partial charge in [0, 0.05) is 13.2 Å². The second-order valence-corrected chi connectivity index (χ2v) is 2.93. The fourth-order valence-corrected chi connectivity index (χ4v) is 0.595. The molecule has 0 aromatic heterocycles. The highest BCUT2D eigenvalue weighted by Gasteiger charge is 1.84. The molecule has 80 valence electrons. The van der Waals surface area contributed by atoms with E-state index in [0.29, 0.717) is 0 Å². The molecular weight excluding hydrogens is 192 g/mol. The molecule has 0 aromatic rings. The fraction of sp³-hybridized carbons (Fsp3) is 1.00. The Morgan fingerprint density at radius 1 is 0.923 bits per heavy atom. The van der Waals surface area contributed by atoms with Crippen LogP contribution in [0.25, 0.3) is 0 Å². The van der Waals surface area contributed by atoms with E-state index in [4.69, 9.17) is 17.4 Å². The van der Waals surface area contributed by atoms with Crippen LogP contribution in [0.15, 0.2) is 0 Å². The van der Waals surface area contributed by atoms with Crippen LogP contribution in [0.4, 0.5) is 0 Å². The minimum absolute atomic E-state index is 0.955. The van der Waals surface area contributed by atoms with E-state index < -0.39 is 10.6 Å². The lowest BCUT2D eigenvalue weighted by molar-refractivity contribution is 0.128. The summed E-state index contributed by atoms with van der Waals surface area (Å²) in [6.07, 6.45) is 4.91. The molecule has 0 saturated carbocycles. The van der Waals surface area contributed by atoms with Crippen LogP contribution in [0, 0.1) is 0 Å². The number of hydrogen-bond acceptors (Lipinski definition) is 4. The lowest BCUT2D eigenvalue weighted by Crippen LogP contribution is -1.95. The van der Waals surface area contributed by atoms with Gasteiger partial charge in [-0.05, 0) is 12.8 Å². The maximum atomic E-state index is 8.44. The Morgan fingerprint density at radius 3 is 1.46 bits per heavy atom. The molecule has 13 heavy (non-hydrogen) atoms. The zero-order chi connectivity index (χ0) is 10.5. The number of rotatable bonds is 6. The Kier molecular flexibility index (Phi) is 16.4. The zero-order valence-electron chi connectivity index (χ0n) is 8.28. The summed E-state index contributed by atoms with van der Waals surface area (Å²) < 4.78 is 30.6. The van der Waals surface area contributed by atoms with Crippen LogP contribution in [0.3, 0.4) is 0 Å². The molecule has 4 nitrogen and oxygen atoms in total. The molecule has 0 radical (unpaired) electrons. The molecule has 0 fully saturated rings. The largest absolute Gasteiger partial charge is 0.425 e. The van der Waals surface area contributed by atoms with Gasteiger partial charge in [0.25, 0.3) is 0 Å². The predicted octanol–water partition coefficient (Wildman–Crippen LogP) is 1.60. The molecule has 0 unspecified atom stereocenters. The van der Waals surface area contributed by atoms with Gasteiger partial charge in [0.2, 0.25) is 0 Å². The summed E-state index contributed by atoms with van der Waals surface area (Å²) in [4.78, 5) is 0. The van der Waals surface area contributed by atoms with Crippen molar-refractivity contribution in [3.63, 3.8) is 0 Å². The Hall–Kier alpha value is -0.420. The van der Waals surface area contributed by atoms with E-state index in [1.165, 1.54) is 25.7 Å². The van der Waals surface area contributed by atoms with E-state index >= 15 is 0 Å². The normalized spacial score (nSPS) is 8.77. The third-order valence-electron chi connectivity index (χ3n) is 1.28. The third-order valence-corrected chi connectivity index (χ3v) is 1.28. The van der Waals surface area contributed by atoms with Crippen molar-refractivity contribution in [1.29, 1.82) is 0 Å². The number of hydrogen-bond donors (Lipinski definition) is 0. The molecule has 0 heterocycles. The second kappa shape index (κ2) is 14.1. The topological polar surface area (TPSA) is 60.4 Å². The van der Waals surface area contributed by atoms with Crippen molar-refractivity contribution in [2.45, 2.75) is 39.5 Å². The Labute approximate surface area is 81.4 Å².